The number of aromatic carboxylic acids is 1. The van der Waals surface area contributed by atoms with Crippen LogP contribution < -0.4 is 5.56 Å². The van der Waals surface area contributed by atoms with Gasteiger partial charge in [-0.15, -0.1) is 0 Å². The molecule has 3 atom stereocenters. The Bertz CT molecular complexity index is 534. The summed E-state index contributed by atoms with van der Waals surface area (Å²) in [5, 5.41) is 8.94. The molecule has 2 aliphatic carbocycles. The molecule has 1 aromatic rings. The maximum absolute atomic E-state index is 12.0. The van der Waals surface area contributed by atoms with Crippen LogP contribution in [0.5, 0.6) is 0 Å². The lowest BCUT2D eigenvalue weighted by atomic mass is 9.89. The van der Waals surface area contributed by atoms with Crippen molar-refractivity contribution in [1.82, 2.24) is 4.57 Å². The minimum absolute atomic E-state index is 0.124. The Balaban J connectivity index is 1.83. The predicted octanol–water partition coefficient (Wildman–Crippen LogP) is 1.98. The molecule has 1 N–H and O–H groups in total. The molecule has 0 spiro atoms. The average Bonchev–Trinajstić information content (AvgIpc) is 2.93. The molecule has 0 saturated heterocycles. The van der Waals surface area contributed by atoms with Gasteiger partial charge in [0.2, 0.25) is 0 Å². The van der Waals surface area contributed by atoms with Crippen LogP contribution in [-0.4, -0.2) is 15.6 Å². The standard InChI is InChI=1S/C14H17NO3/c16-13-12(14(17)18)2-1-5-15(13)8-11-7-9-3-4-10(11)6-9/h1-2,5,9-11H,3-4,6-8H2,(H,17,18)/t9-,10+,11?/m1/s1. The summed E-state index contributed by atoms with van der Waals surface area (Å²) in [5.41, 5.74) is -0.492. The second-order valence-corrected chi connectivity index (χ2v) is 5.62. The van der Waals surface area contributed by atoms with Gasteiger partial charge in [-0.2, -0.15) is 0 Å². The lowest BCUT2D eigenvalue weighted by Crippen LogP contribution is -2.29. The van der Waals surface area contributed by atoms with Gasteiger partial charge in [0.05, 0.1) is 0 Å². The molecule has 1 unspecified atom stereocenters. The third kappa shape index (κ3) is 1.85. The zero-order chi connectivity index (χ0) is 12.7. The van der Waals surface area contributed by atoms with Gasteiger partial charge in [-0.1, -0.05) is 6.42 Å². The van der Waals surface area contributed by atoms with Crippen molar-refractivity contribution in [2.24, 2.45) is 17.8 Å². The Kier molecular flexibility index (Phi) is 2.73. The summed E-state index contributed by atoms with van der Waals surface area (Å²) >= 11 is 0. The first kappa shape index (κ1) is 11.5. The molecule has 0 aliphatic heterocycles. The highest BCUT2D eigenvalue weighted by molar-refractivity contribution is 5.86. The van der Waals surface area contributed by atoms with Gasteiger partial charge in [-0.05, 0) is 49.1 Å². The van der Waals surface area contributed by atoms with Crippen molar-refractivity contribution in [3.8, 4) is 0 Å². The molecular weight excluding hydrogens is 230 g/mol. The summed E-state index contributed by atoms with van der Waals surface area (Å²) in [4.78, 5) is 22.9. The number of rotatable bonds is 3. The molecule has 1 aromatic heterocycles. The molecule has 2 bridgehead atoms. The summed E-state index contributed by atoms with van der Waals surface area (Å²) < 4.78 is 1.58. The minimum atomic E-state index is -1.14. The quantitative estimate of drug-likeness (QED) is 0.888. The van der Waals surface area contributed by atoms with Crippen LogP contribution in [0, 0.1) is 17.8 Å². The summed E-state index contributed by atoms with van der Waals surface area (Å²) in [6.45, 7) is 0.682. The van der Waals surface area contributed by atoms with Gasteiger partial charge in [0, 0.05) is 12.7 Å². The van der Waals surface area contributed by atoms with Crippen molar-refractivity contribution in [2.45, 2.75) is 32.2 Å². The number of pyridine rings is 1. The Labute approximate surface area is 105 Å². The Morgan fingerprint density at radius 1 is 1.39 bits per heavy atom. The summed E-state index contributed by atoms with van der Waals surface area (Å²) in [5.74, 6) is 1.02. The van der Waals surface area contributed by atoms with E-state index in [0.717, 1.165) is 11.8 Å². The van der Waals surface area contributed by atoms with Crippen LogP contribution >= 0.6 is 0 Å². The van der Waals surface area contributed by atoms with Crippen LogP contribution in [0.3, 0.4) is 0 Å². The van der Waals surface area contributed by atoms with E-state index in [-0.39, 0.29) is 11.1 Å². The van der Waals surface area contributed by atoms with Crippen LogP contribution in [-0.2, 0) is 6.54 Å². The normalized spacial score (nSPS) is 29.7. The highest BCUT2D eigenvalue weighted by Crippen LogP contribution is 2.48. The molecular formula is C14H17NO3. The molecule has 0 aromatic carbocycles. The second-order valence-electron chi connectivity index (χ2n) is 5.62. The van der Waals surface area contributed by atoms with E-state index >= 15 is 0 Å². The first-order chi connectivity index (χ1) is 8.65. The number of fused-ring (bicyclic) bond motifs is 2. The molecule has 3 rings (SSSR count). The zero-order valence-corrected chi connectivity index (χ0v) is 10.2. The maximum atomic E-state index is 12.0. The fourth-order valence-electron chi connectivity index (χ4n) is 3.70. The first-order valence-corrected chi connectivity index (χ1v) is 6.58. The van der Waals surface area contributed by atoms with E-state index in [9.17, 15) is 9.59 Å². The van der Waals surface area contributed by atoms with Gasteiger partial charge in [-0.3, -0.25) is 4.79 Å². The topological polar surface area (TPSA) is 59.3 Å². The molecule has 4 nitrogen and oxygen atoms in total. The largest absolute Gasteiger partial charge is 0.477 e. The first-order valence-electron chi connectivity index (χ1n) is 6.58. The van der Waals surface area contributed by atoms with Crippen LogP contribution in [0.15, 0.2) is 23.1 Å². The van der Waals surface area contributed by atoms with Crippen molar-refractivity contribution < 1.29 is 9.90 Å². The number of aromatic nitrogens is 1. The lowest BCUT2D eigenvalue weighted by molar-refractivity contribution is 0.0694. The fourth-order valence-corrected chi connectivity index (χ4v) is 3.70. The summed E-state index contributed by atoms with van der Waals surface area (Å²) in [6, 6.07) is 3.03. The lowest BCUT2D eigenvalue weighted by Gasteiger charge is -2.22. The minimum Gasteiger partial charge on any atom is -0.477 e. The van der Waals surface area contributed by atoms with Crippen molar-refractivity contribution in [2.75, 3.05) is 0 Å². The smallest absolute Gasteiger partial charge is 0.341 e. The summed E-state index contributed by atoms with van der Waals surface area (Å²) in [7, 11) is 0. The predicted molar refractivity (Wildman–Crippen MR) is 66.6 cm³/mol. The van der Waals surface area contributed by atoms with Gasteiger partial charge in [-0.25, -0.2) is 4.79 Å². The van der Waals surface area contributed by atoms with E-state index in [4.69, 9.17) is 5.11 Å². The maximum Gasteiger partial charge on any atom is 0.341 e. The molecule has 2 fully saturated rings. The molecule has 18 heavy (non-hydrogen) atoms. The van der Waals surface area contributed by atoms with Gasteiger partial charge >= 0.3 is 5.97 Å². The molecule has 0 radical (unpaired) electrons. The zero-order valence-electron chi connectivity index (χ0n) is 10.2. The molecule has 2 aliphatic rings. The van der Waals surface area contributed by atoms with E-state index in [1.54, 1.807) is 16.8 Å². The molecule has 1 heterocycles. The van der Waals surface area contributed by atoms with Crippen molar-refractivity contribution in [3.63, 3.8) is 0 Å². The molecule has 0 amide bonds. The van der Waals surface area contributed by atoms with E-state index in [0.29, 0.717) is 12.5 Å². The number of carbonyl (C=O) groups is 1. The van der Waals surface area contributed by atoms with Crippen molar-refractivity contribution in [3.05, 3.63) is 34.2 Å². The highest BCUT2D eigenvalue weighted by atomic mass is 16.4. The Hall–Kier alpha value is -1.58. The van der Waals surface area contributed by atoms with Crippen molar-refractivity contribution >= 4 is 5.97 Å². The average molecular weight is 247 g/mol. The van der Waals surface area contributed by atoms with Crippen LogP contribution in [0.1, 0.15) is 36.0 Å². The number of hydrogen-bond donors (Lipinski definition) is 1. The monoisotopic (exact) mass is 247 g/mol. The second kappa shape index (κ2) is 4.26. The molecule has 4 heteroatoms. The third-order valence-electron chi connectivity index (χ3n) is 4.57. The van der Waals surface area contributed by atoms with Gasteiger partial charge in [0.15, 0.2) is 0 Å². The van der Waals surface area contributed by atoms with Gasteiger partial charge in [0.25, 0.3) is 5.56 Å². The van der Waals surface area contributed by atoms with Crippen molar-refractivity contribution in [1.29, 1.82) is 0 Å². The third-order valence-corrected chi connectivity index (χ3v) is 4.57. The molecule has 96 valence electrons. The van der Waals surface area contributed by atoms with E-state index in [1.165, 1.54) is 31.7 Å². The number of carboxylic acids is 1. The number of nitrogens with zero attached hydrogens (tertiary/aromatic N) is 1. The fraction of sp³-hybridized carbons (Fsp3) is 0.571. The van der Waals surface area contributed by atoms with Crippen LogP contribution in [0.4, 0.5) is 0 Å². The van der Waals surface area contributed by atoms with Gasteiger partial charge < -0.3 is 9.67 Å². The van der Waals surface area contributed by atoms with E-state index in [1.807, 2.05) is 0 Å². The number of hydrogen-bond acceptors (Lipinski definition) is 2. The van der Waals surface area contributed by atoms with Gasteiger partial charge in [0.1, 0.15) is 5.56 Å². The SMILES string of the molecule is O=C(O)c1cccn(CC2C[C@@H]3CC[C@H]2C3)c1=O. The summed E-state index contributed by atoms with van der Waals surface area (Å²) in [6.07, 6.45) is 6.83. The highest BCUT2D eigenvalue weighted by Gasteiger charge is 2.39. The van der Waals surface area contributed by atoms with E-state index < -0.39 is 5.97 Å². The Morgan fingerprint density at radius 2 is 2.22 bits per heavy atom. The van der Waals surface area contributed by atoms with Crippen LogP contribution in [0.25, 0.3) is 0 Å². The number of carboxylic acid groups (broad SMARTS) is 1. The van der Waals surface area contributed by atoms with Crippen LogP contribution in [0.2, 0.25) is 0 Å². The Morgan fingerprint density at radius 3 is 2.83 bits per heavy atom. The van der Waals surface area contributed by atoms with E-state index in [2.05, 4.69) is 0 Å². The molecule has 2 saturated carbocycles.